The number of hydrogen-bond acceptors (Lipinski definition) is 2. The predicted molar refractivity (Wildman–Crippen MR) is 88.5 cm³/mol. The first-order chi connectivity index (χ1) is 9.52. The zero-order chi connectivity index (χ0) is 15.0. The fourth-order valence-electron chi connectivity index (χ4n) is 3.33. The summed E-state index contributed by atoms with van der Waals surface area (Å²) in [7, 11) is 0. The molecule has 4 nitrogen and oxygen atoms in total. The molecule has 2 rings (SSSR count). The summed E-state index contributed by atoms with van der Waals surface area (Å²) >= 11 is 7.21. The summed E-state index contributed by atoms with van der Waals surface area (Å²) in [4.78, 5) is 22.9. The Kier molecular flexibility index (Phi) is 8.45. The molecule has 0 aromatic rings. The van der Waals surface area contributed by atoms with Crippen molar-refractivity contribution in [3.05, 3.63) is 0 Å². The predicted octanol–water partition coefficient (Wildman–Crippen LogP) is 4.00. The van der Waals surface area contributed by atoms with Crippen molar-refractivity contribution in [1.82, 2.24) is 4.90 Å². The molecule has 2 saturated carbocycles. The van der Waals surface area contributed by atoms with Crippen molar-refractivity contribution >= 4 is 35.7 Å². The van der Waals surface area contributed by atoms with Crippen LogP contribution in [0.3, 0.4) is 0 Å². The minimum Gasteiger partial charge on any atom is -0.361 e. The summed E-state index contributed by atoms with van der Waals surface area (Å²) in [6, 6.07) is 0.976. The maximum atomic E-state index is 11.7. The minimum atomic E-state index is -0.639. The van der Waals surface area contributed by atoms with E-state index in [9.17, 15) is 4.79 Å². The lowest BCUT2D eigenvalue weighted by molar-refractivity contribution is 0.122. The van der Waals surface area contributed by atoms with E-state index >= 15 is 0 Å². The van der Waals surface area contributed by atoms with Gasteiger partial charge in [-0.15, -0.1) is 0 Å². The van der Waals surface area contributed by atoms with Gasteiger partial charge in [0.1, 0.15) is 0 Å². The van der Waals surface area contributed by atoms with Gasteiger partial charge in [0.25, 0.3) is 10.5 Å². The average molecular weight is 319 g/mol. The van der Waals surface area contributed by atoms with E-state index in [0.717, 1.165) is 0 Å². The van der Waals surface area contributed by atoms with E-state index < -0.39 is 5.24 Å². The molecule has 0 saturated heterocycles. The summed E-state index contributed by atoms with van der Waals surface area (Å²) < 4.78 is 0. The number of nitrogens with zero attached hydrogens (tertiary/aromatic N) is 1. The molecule has 0 aliphatic heterocycles. The van der Waals surface area contributed by atoms with Crippen LogP contribution in [0.4, 0.5) is 9.59 Å². The smallest absolute Gasteiger partial charge is 0.279 e. The van der Waals surface area contributed by atoms with Crippen LogP contribution in [0.15, 0.2) is 0 Å². The van der Waals surface area contributed by atoms with E-state index in [1.165, 1.54) is 64.2 Å². The first kappa shape index (κ1) is 17.7. The van der Waals surface area contributed by atoms with Crippen LogP contribution < -0.4 is 5.73 Å². The van der Waals surface area contributed by atoms with Crippen LogP contribution in [0.25, 0.3) is 0 Å². The van der Waals surface area contributed by atoms with Crippen molar-refractivity contribution in [3.8, 4) is 0 Å². The van der Waals surface area contributed by atoms with Crippen LogP contribution in [0, 0.1) is 0 Å². The second-order valence-electron chi connectivity index (χ2n) is 5.61. The number of primary amides is 1. The Balaban J connectivity index is 0.000000444. The van der Waals surface area contributed by atoms with E-state index in [4.69, 9.17) is 4.79 Å². The zero-order valence-electron chi connectivity index (χ0n) is 12.0. The highest BCUT2D eigenvalue weighted by atomic mass is 32.1. The van der Waals surface area contributed by atoms with Crippen molar-refractivity contribution in [2.24, 2.45) is 5.73 Å². The van der Waals surface area contributed by atoms with Gasteiger partial charge in [0.05, 0.1) is 0 Å². The largest absolute Gasteiger partial charge is 0.361 e. The Labute approximate surface area is 132 Å². The standard InChI is InChI=1S/C13H23NOS.CH3NOS/c15-13(16)14(11-7-3-1-4-8-11)12-9-5-2-6-10-12;2-1(3)4/h11-12H,1-10H2,(H,15,16);(H3,2,3,4). The number of rotatable bonds is 2. The SMILES string of the molecule is NC(=O)S.O=C(S)N(C1CCCCC1)C1CCCCC1. The van der Waals surface area contributed by atoms with Crippen molar-refractivity contribution in [3.63, 3.8) is 0 Å². The third-order valence-corrected chi connectivity index (χ3v) is 4.39. The Morgan fingerprint density at radius 1 is 0.800 bits per heavy atom. The molecule has 0 spiro atoms. The van der Waals surface area contributed by atoms with Crippen molar-refractivity contribution < 1.29 is 9.59 Å². The number of carbonyl (C=O) groups is 2. The molecule has 2 N–H and O–H groups in total. The third kappa shape index (κ3) is 6.39. The number of amides is 2. The normalized spacial score (nSPS) is 20.7. The summed E-state index contributed by atoms with van der Waals surface area (Å²) in [5.74, 6) is 0. The molecule has 116 valence electrons. The van der Waals surface area contributed by atoms with Gasteiger partial charge >= 0.3 is 0 Å². The number of hydrogen-bond donors (Lipinski definition) is 3. The molecule has 6 heteroatoms. The lowest BCUT2D eigenvalue weighted by Gasteiger charge is -2.40. The molecule has 0 heterocycles. The highest BCUT2D eigenvalue weighted by molar-refractivity contribution is 7.96. The molecule has 2 fully saturated rings. The first-order valence-electron chi connectivity index (χ1n) is 7.52. The highest BCUT2D eigenvalue weighted by Crippen LogP contribution is 2.30. The molecular formula is C14H26N2O2S2. The zero-order valence-corrected chi connectivity index (χ0v) is 13.8. The molecule has 0 aromatic heterocycles. The Morgan fingerprint density at radius 3 is 1.35 bits per heavy atom. The molecule has 2 aliphatic carbocycles. The Bertz CT molecular complexity index is 292. The first-order valence-corrected chi connectivity index (χ1v) is 8.41. The lowest BCUT2D eigenvalue weighted by atomic mass is 9.89. The molecule has 2 aliphatic rings. The molecule has 2 amide bonds. The van der Waals surface area contributed by atoms with Gasteiger partial charge in [0, 0.05) is 12.1 Å². The number of thiol groups is 2. The molecule has 0 radical (unpaired) electrons. The summed E-state index contributed by atoms with van der Waals surface area (Å²) in [6.45, 7) is 0. The van der Waals surface area contributed by atoms with Crippen molar-refractivity contribution in [2.75, 3.05) is 0 Å². The monoisotopic (exact) mass is 318 g/mol. The third-order valence-electron chi connectivity index (χ3n) is 4.16. The molecule has 20 heavy (non-hydrogen) atoms. The van der Waals surface area contributed by atoms with E-state index in [2.05, 4.69) is 35.9 Å². The van der Waals surface area contributed by atoms with Crippen LogP contribution in [0.5, 0.6) is 0 Å². The average Bonchev–Trinajstić information content (AvgIpc) is 2.40. The van der Waals surface area contributed by atoms with Crippen LogP contribution in [-0.4, -0.2) is 27.5 Å². The molecule has 0 unspecified atom stereocenters. The Morgan fingerprint density at radius 2 is 1.10 bits per heavy atom. The van der Waals surface area contributed by atoms with Gasteiger partial charge < -0.3 is 10.6 Å². The van der Waals surface area contributed by atoms with Crippen molar-refractivity contribution in [2.45, 2.75) is 76.3 Å². The molecule has 0 aromatic carbocycles. The van der Waals surface area contributed by atoms with Crippen LogP contribution >= 0.6 is 25.3 Å². The molecular weight excluding hydrogens is 292 g/mol. The summed E-state index contributed by atoms with van der Waals surface area (Å²) in [5, 5.41) is -0.626. The maximum absolute atomic E-state index is 11.7. The van der Waals surface area contributed by atoms with E-state index in [-0.39, 0.29) is 5.24 Å². The lowest BCUT2D eigenvalue weighted by Crippen LogP contribution is -2.46. The second-order valence-corrected chi connectivity index (χ2v) is 6.44. The van der Waals surface area contributed by atoms with Crippen molar-refractivity contribution in [1.29, 1.82) is 0 Å². The fourth-order valence-corrected chi connectivity index (χ4v) is 3.66. The van der Waals surface area contributed by atoms with Gasteiger partial charge in [-0.3, -0.25) is 9.59 Å². The summed E-state index contributed by atoms with van der Waals surface area (Å²) in [5.41, 5.74) is 4.34. The van der Waals surface area contributed by atoms with Crippen LogP contribution in [-0.2, 0) is 0 Å². The highest BCUT2D eigenvalue weighted by Gasteiger charge is 2.30. The summed E-state index contributed by atoms with van der Waals surface area (Å²) in [6.07, 6.45) is 12.6. The topological polar surface area (TPSA) is 63.4 Å². The van der Waals surface area contributed by atoms with Gasteiger partial charge in [-0.1, -0.05) is 63.8 Å². The van der Waals surface area contributed by atoms with Crippen LogP contribution in [0.2, 0.25) is 0 Å². The Hall–Kier alpha value is -0.360. The van der Waals surface area contributed by atoms with E-state index in [0.29, 0.717) is 12.1 Å². The van der Waals surface area contributed by atoms with Gasteiger partial charge in [0.2, 0.25) is 0 Å². The second kappa shape index (κ2) is 9.55. The van der Waals surface area contributed by atoms with Gasteiger partial charge in [-0.2, -0.15) is 0 Å². The fraction of sp³-hybridized carbons (Fsp3) is 0.857. The molecule has 0 atom stereocenters. The van der Waals surface area contributed by atoms with Gasteiger partial charge in [-0.25, -0.2) is 0 Å². The van der Waals surface area contributed by atoms with E-state index in [1.807, 2.05) is 0 Å². The maximum Gasteiger partial charge on any atom is 0.279 e. The number of nitrogens with two attached hydrogens (primary N) is 1. The van der Waals surface area contributed by atoms with Gasteiger partial charge in [0.15, 0.2) is 0 Å². The molecule has 0 bridgehead atoms. The van der Waals surface area contributed by atoms with Crippen LogP contribution in [0.1, 0.15) is 64.2 Å². The van der Waals surface area contributed by atoms with Gasteiger partial charge in [-0.05, 0) is 25.7 Å². The minimum absolute atomic E-state index is 0.0128. The number of carbonyl (C=O) groups excluding carboxylic acids is 2. The van der Waals surface area contributed by atoms with E-state index in [1.54, 1.807) is 0 Å². The quantitative estimate of drug-likeness (QED) is 0.674.